The SMILES string of the molecule is CC(C)c1ccc(C2(C(C#N)C(=O)O)CCN(C(=O)OC(C)(C)C)CC2)cc1. The summed E-state index contributed by atoms with van der Waals surface area (Å²) in [4.78, 5) is 25.8. The lowest BCUT2D eigenvalue weighted by molar-refractivity contribution is -0.142. The first-order chi connectivity index (χ1) is 13.0. The predicted molar refractivity (Wildman–Crippen MR) is 106 cm³/mol. The Bertz CT molecular complexity index is 748. The van der Waals surface area contributed by atoms with Gasteiger partial charge in [-0.2, -0.15) is 5.26 Å². The normalized spacial score (nSPS) is 17.7. The van der Waals surface area contributed by atoms with Crippen LogP contribution in [0.15, 0.2) is 24.3 Å². The number of hydrogen-bond donors (Lipinski definition) is 1. The van der Waals surface area contributed by atoms with E-state index in [1.54, 1.807) is 4.90 Å². The van der Waals surface area contributed by atoms with Crippen molar-refractivity contribution in [3.05, 3.63) is 35.4 Å². The van der Waals surface area contributed by atoms with Gasteiger partial charge in [-0.05, 0) is 50.7 Å². The molecule has 1 aliphatic heterocycles. The summed E-state index contributed by atoms with van der Waals surface area (Å²) in [6, 6.07) is 9.87. The highest BCUT2D eigenvalue weighted by Gasteiger charge is 2.48. The molecule has 0 bridgehead atoms. The summed E-state index contributed by atoms with van der Waals surface area (Å²) in [5.41, 5.74) is 0.590. The first-order valence-corrected chi connectivity index (χ1v) is 9.71. The molecule has 1 aromatic carbocycles. The molecular formula is C22H30N2O4. The van der Waals surface area contributed by atoms with Crippen molar-refractivity contribution in [2.24, 2.45) is 5.92 Å². The maximum Gasteiger partial charge on any atom is 0.410 e. The molecule has 28 heavy (non-hydrogen) atoms. The molecule has 0 aromatic heterocycles. The molecule has 1 N–H and O–H groups in total. The molecule has 1 heterocycles. The molecule has 152 valence electrons. The minimum Gasteiger partial charge on any atom is -0.480 e. The largest absolute Gasteiger partial charge is 0.480 e. The predicted octanol–water partition coefficient (Wildman–Crippen LogP) is 4.30. The van der Waals surface area contributed by atoms with Crippen molar-refractivity contribution in [3.63, 3.8) is 0 Å². The first-order valence-electron chi connectivity index (χ1n) is 9.71. The van der Waals surface area contributed by atoms with Gasteiger partial charge in [0.05, 0.1) is 6.07 Å². The van der Waals surface area contributed by atoms with E-state index in [0.29, 0.717) is 31.8 Å². The molecule has 1 amide bonds. The minimum absolute atomic E-state index is 0.353. The summed E-state index contributed by atoms with van der Waals surface area (Å²) in [6.07, 6.45) is 0.398. The fraction of sp³-hybridized carbons (Fsp3) is 0.591. The van der Waals surface area contributed by atoms with E-state index < -0.39 is 29.0 Å². The van der Waals surface area contributed by atoms with Crippen molar-refractivity contribution in [2.45, 2.75) is 64.4 Å². The number of aliphatic carboxylic acids is 1. The second kappa shape index (κ2) is 8.22. The van der Waals surface area contributed by atoms with Crippen LogP contribution < -0.4 is 0 Å². The van der Waals surface area contributed by atoms with E-state index in [0.717, 1.165) is 11.1 Å². The monoisotopic (exact) mass is 386 g/mol. The van der Waals surface area contributed by atoms with E-state index >= 15 is 0 Å². The second-order valence-corrected chi connectivity index (χ2v) is 8.80. The third-order valence-corrected chi connectivity index (χ3v) is 5.39. The number of amides is 1. The van der Waals surface area contributed by atoms with E-state index in [4.69, 9.17) is 4.74 Å². The molecule has 0 aliphatic carbocycles. The van der Waals surface area contributed by atoms with Gasteiger partial charge in [-0.1, -0.05) is 38.1 Å². The zero-order chi connectivity index (χ0) is 21.1. The van der Waals surface area contributed by atoms with Crippen LogP contribution in [0.2, 0.25) is 0 Å². The molecule has 2 rings (SSSR count). The number of hydrogen-bond acceptors (Lipinski definition) is 4. The molecule has 0 radical (unpaired) electrons. The molecule has 6 nitrogen and oxygen atoms in total. The van der Waals surface area contributed by atoms with Crippen LogP contribution in [-0.2, 0) is 14.9 Å². The number of nitriles is 1. The first kappa shape index (κ1) is 21.7. The highest BCUT2D eigenvalue weighted by atomic mass is 16.6. The molecule has 0 spiro atoms. The fourth-order valence-electron chi connectivity index (χ4n) is 3.77. The number of ether oxygens (including phenoxy) is 1. The molecule has 1 unspecified atom stereocenters. The number of nitrogens with zero attached hydrogens (tertiary/aromatic N) is 2. The van der Waals surface area contributed by atoms with E-state index in [9.17, 15) is 20.0 Å². The standard InChI is InChI=1S/C22H30N2O4/c1-15(2)16-6-8-17(9-7-16)22(18(14-23)19(25)26)10-12-24(13-11-22)20(27)28-21(3,4)5/h6-9,15,18H,10-13H2,1-5H3,(H,25,26). The van der Waals surface area contributed by atoms with Gasteiger partial charge in [0, 0.05) is 18.5 Å². The summed E-state index contributed by atoms with van der Waals surface area (Å²) in [6.45, 7) is 10.3. The van der Waals surface area contributed by atoms with Gasteiger partial charge in [0.2, 0.25) is 0 Å². The molecular weight excluding hydrogens is 356 g/mol. The Morgan fingerprint density at radius 2 is 1.71 bits per heavy atom. The lowest BCUT2D eigenvalue weighted by Gasteiger charge is -2.43. The minimum atomic E-state index is -1.17. The van der Waals surface area contributed by atoms with E-state index in [1.807, 2.05) is 51.1 Å². The summed E-state index contributed by atoms with van der Waals surface area (Å²) in [7, 11) is 0. The van der Waals surface area contributed by atoms with E-state index in [2.05, 4.69) is 13.8 Å². The number of benzene rings is 1. The number of likely N-dealkylation sites (tertiary alicyclic amines) is 1. The Labute approximate surface area is 167 Å². The van der Waals surface area contributed by atoms with Gasteiger partial charge < -0.3 is 14.7 Å². The zero-order valence-electron chi connectivity index (χ0n) is 17.4. The number of carbonyl (C=O) groups excluding carboxylic acids is 1. The Kier molecular flexibility index (Phi) is 6.38. The molecule has 1 aliphatic rings. The van der Waals surface area contributed by atoms with Gasteiger partial charge >= 0.3 is 12.1 Å². The number of carboxylic acids is 1. The smallest absolute Gasteiger partial charge is 0.410 e. The number of rotatable bonds is 4. The Hall–Kier alpha value is -2.55. The van der Waals surface area contributed by atoms with Crippen LogP contribution in [0.3, 0.4) is 0 Å². The Morgan fingerprint density at radius 1 is 1.18 bits per heavy atom. The lowest BCUT2D eigenvalue weighted by Crippen LogP contribution is -2.51. The quantitative estimate of drug-likeness (QED) is 0.833. The van der Waals surface area contributed by atoms with Crippen LogP contribution >= 0.6 is 0 Å². The molecule has 1 atom stereocenters. The van der Waals surface area contributed by atoms with Gasteiger partial charge in [-0.3, -0.25) is 4.79 Å². The van der Waals surface area contributed by atoms with Crippen LogP contribution in [0.4, 0.5) is 4.79 Å². The highest BCUT2D eigenvalue weighted by Crippen LogP contribution is 2.42. The van der Waals surface area contributed by atoms with Crippen LogP contribution in [-0.4, -0.2) is 40.8 Å². The van der Waals surface area contributed by atoms with Crippen molar-refractivity contribution >= 4 is 12.1 Å². The average Bonchev–Trinajstić information content (AvgIpc) is 2.61. The number of carboxylic acid groups (broad SMARTS) is 1. The maximum atomic E-state index is 12.4. The van der Waals surface area contributed by atoms with Crippen molar-refractivity contribution in [1.82, 2.24) is 4.90 Å². The molecule has 1 fully saturated rings. The highest BCUT2D eigenvalue weighted by molar-refractivity contribution is 5.76. The topological polar surface area (TPSA) is 90.6 Å². The van der Waals surface area contributed by atoms with E-state index in [-0.39, 0.29) is 0 Å². The van der Waals surface area contributed by atoms with Gasteiger partial charge in [0.1, 0.15) is 5.60 Å². The fourth-order valence-corrected chi connectivity index (χ4v) is 3.77. The molecule has 1 saturated heterocycles. The van der Waals surface area contributed by atoms with Crippen molar-refractivity contribution < 1.29 is 19.4 Å². The van der Waals surface area contributed by atoms with Gasteiger partial charge in [-0.15, -0.1) is 0 Å². The maximum absolute atomic E-state index is 12.4. The van der Waals surface area contributed by atoms with Crippen molar-refractivity contribution in [1.29, 1.82) is 5.26 Å². The summed E-state index contributed by atoms with van der Waals surface area (Å²) in [5.74, 6) is -1.93. The number of carbonyl (C=O) groups is 2. The van der Waals surface area contributed by atoms with Gasteiger partial charge in [-0.25, -0.2) is 4.79 Å². The third kappa shape index (κ3) is 4.64. The van der Waals surface area contributed by atoms with E-state index in [1.165, 1.54) is 0 Å². The van der Waals surface area contributed by atoms with Crippen LogP contribution in [0, 0.1) is 17.2 Å². The molecule has 6 heteroatoms. The summed E-state index contributed by atoms with van der Waals surface area (Å²) < 4.78 is 5.43. The van der Waals surface area contributed by atoms with Crippen LogP contribution in [0.5, 0.6) is 0 Å². The molecule has 1 aromatic rings. The molecule has 0 saturated carbocycles. The number of piperidine rings is 1. The zero-order valence-corrected chi connectivity index (χ0v) is 17.4. The summed E-state index contributed by atoms with van der Waals surface area (Å²) in [5, 5.41) is 19.3. The Morgan fingerprint density at radius 3 is 2.11 bits per heavy atom. The van der Waals surface area contributed by atoms with Crippen LogP contribution in [0.25, 0.3) is 0 Å². The van der Waals surface area contributed by atoms with Crippen molar-refractivity contribution in [2.75, 3.05) is 13.1 Å². The Balaban J connectivity index is 2.32. The van der Waals surface area contributed by atoms with Gasteiger partial charge in [0.25, 0.3) is 0 Å². The van der Waals surface area contributed by atoms with Gasteiger partial charge in [0.15, 0.2) is 5.92 Å². The lowest BCUT2D eigenvalue weighted by atomic mass is 9.64. The second-order valence-electron chi connectivity index (χ2n) is 8.80. The third-order valence-electron chi connectivity index (χ3n) is 5.39. The summed E-state index contributed by atoms with van der Waals surface area (Å²) >= 11 is 0. The van der Waals surface area contributed by atoms with Crippen molar-refractivity contribution in [3.8, 4) is 6.07 Å². The van der Waals surface area contributed by atoms with Crippen LogP contribution in [0.1, 0.15) is 64.5 Å². The average molecular weight is 386 g/mol.